The largest absolute Gasteiger partial charge is 0.496 e. The second-order valence-electron chi connectivity index (χ2n) is 4.87. The standard InChI is InChI=1S/C16H19N3O/c1-17-16(15-9-5-6-10-20-15)13-11-18-19(12-13)14-7-3-2-4-8-14/h2-4,7-9,11-12,16-17H,5-6,10H2,1H3. The predicted octanol–water partition coefficient (Wildman–Crippen LogP) is 2.83. The second-order valence-corrected chi connectivity index (χ2v) is 4.87. The molecule has 0 amide bonds. The average molecular weight is 269 g/mol. The van der Waals surface area contributed by atoms with Crippen LogP contribution < -0.4 is 5.32 Å². The van der Waals surface area contributed by atoms with Gasteiger partial charge >= 0.3 is 0 Å². The lowest BCUT2D eigenvalue weighted by atomic mass is 10.1. The lowest BCUT2D eigenvalue weighted by molar-refractivity contribution is 0.169. The molecule has 1 atom stereocenters. The number of likely N-dealkylation sites (N-methyl/N-ethyl adjacent to an activating group) is 1. The minimum absolute atomic E-state index is 0.0766. The number of ether oxygens (including phenoxy) is 1. The van der Waals surface area contributed by atoms with Gasteiger partial charge < -0.3 is 10.1 Å². The first-order valence-electron chi connectivity index (χ1n) is 6.98. The molecule has 4 heteroatoms. The smallest absolute Gasteiger partial charge is 0.114 e. The van der Waals surface area contributed by atoms with Crippen LogP contribution in [0.1, 0.15) is 24.4 Å². The van der Waals surface area contributed by atoms with Crippen LogP contribution in [0.4, 0.5) is 0 Å². The number of rotatable bonds is 4. The van der Waals surface area contributed by atoms with Crippen LogP contribution in [0.15, 0.2) is 54.6 Å². The van der Waals surface area contributed by atoms with E-state index in [9.17, 15) is 0 Å². The molecule has 3 rings (SSSR count). The number of aromatic nitrogens is 2. The summed E-state index contributed by atoms with van der Waals surface area (Å²) in [7, 11) is 1.95. The van der Waals surface area contributed by atoms with Crippen molar-refractivity contribution in [3.05, 3.63) is 60.1 Å². The minimum Gasteiger partial charge on any atom is -0.496 e. The van der Waals surface area contributed by atoms with Crippen molar-refractivity contribution in [1.82, 2.24) is 15.1 Å². The van der Waals surface area contributed by atoms with Crippen molar-refractivity contribution in [3.63, 3.8) is 0 Å². The van der Waals surface area contributed by atoms with E-state index in [1.807, 2.05) is 48.3 Å². The van der Waals surface area contributed by atoms with E-state index in [-0.39, 0.29) is 6.04 Å². The molecule has 0 bridgehead atoms. The summed E-state index contributed by atoms with van der Waals surface area (Å²) in [6.45, 7) is 0.802. The van der Waals surface area contributed by atoms with Gasteiger partial charge in [-0.25, -0.2) is 4.68 Å². The summed E-state index contributed by atoms with van der Waals surface area (Å²) in [5.41, 5.74) is 2.18. The van der Waals surface area contributed by atoms with Gasteiger partial charge in [0, 0.05) is 11.8 Å². The number of allylic oxidation sites excluding steroid dienone is 1. The molecule has 0 spiro atoms. The molecule has 1 aliphatic heterocycles. The Morgan fingerprint density at radius 2 is 2.15 bits per heavy atom. The summed E-state index contributed by atoms with van der Waals surface area (Å²) in [6, 6.07) is 10.2. The molecule has 0 saturated heterocycles. The number of hydrogen-bond donors (Lipinski definition) is 1. The molecule has 0 aliphatic carbocycles. The van der Waals surface area contributed by atoms with Crippen LogP contribution in [0.3, 0.4) is 0 Å². The molecule has 20 heavy (non-hydrogen) atoms. The first kappa shape index (κ1) is 12.9. The molecule has 0 saturated carbocycles. The van der Waals surface area contributed by atoms with E-state index in [1.165, 1.54) is 0 Å². The molecule has 1 aromatic carbocycles. The molecule has 1 aliphatic rings. The van der Waals surface area contributed by atoms with Crippen LogP contribution in [0, 0.1) is 0 Å². The van der Waals surface area contributed by atoms with Gasteiger partial charge in [0.1, 0.15) is 5.76 Å². The third-order valence-electron chi connectivity index (χ3n) is 3.49. The van der Waals surface area contributed by atoms with E-state index in [2.05, 4.69) is 22.7 Å². The summed E-state index contributed by atoms with van der Waals surface area (Å²) in [4.78, 5) is 0. The fourth-order valence-electron chi connectivity index (χ4n) is 2.46. The van der Waals surface area contributed by atoms with Gasteiger partial charge in [-0.1, -0.05) is 18.2 Å². The molecule has 0 fully saturated rings. The Balaban J connectivity index is 1.86. The van der Waals surface area contributed by atoms with Crippen LogP contribution >= 0.6 is 0 Å². The molecule has 1 N–H and O–H groups in total. The Hall–Kier alpha value is -2.07. The first-order valence-corrected chi connectivity index (χ1v) is 6.98. The number of hydrogen-bond acceptors (Lipinski definition) is 3. The van der Waals surface area contributed by atoms with Gasteiger partial charge in [0.05, 0.1) is 24.5 Å². The highest BCUT2D eigenvalue weighted by Gasteiger charge is 2.19. The maximum absolute atomic E-state index is 5.76. The van der Waals surface area contributed by atoms with Gasteiger partial charge in [-0.2, -0.15) is 5.10 Å². The lowest BCUT2D eigenvalue weighted by Crippen LogP contribution is -2.21. The van der Waals surface area contributed by atoms with Crippen LogP contribution in [0.2, 0.25) is 0 Å². The normalized spacial score (nSPS) is 16.4. The predicted molar refractivity (Wildman–Crippen MR) is 78.6 cm³/mol. The van der Waals surface area contributed by atoms with E-state index >= 15 is 0 Å². The van der Waals surface area contributed by atoms with Gasteiger partial charge in [0.2, 0.25) is 0 Å². The Bertz CT molecular complexity index is 589. The number of benzene rings is 1. The van der Waals surface area contributed by atoms with E-state index in [1.54, 1.807) is 0 Å². The number of para-hydroxylation sites is 1. The summed E-state index contributed by atoms with van der Waals surface area (Å²) in [5.74, 6) is 1.01. The highest BCUT2D eigenvalue weighted by molar-refractivity contribution is 5.32. The van der Waals surface area contributed by atoms with Crippen molar-refractivity contribution < 1.29 is 4.74 Å². The van der Waals surface area contributed by atoms with Crippen LogP contribution in [0.5, 0.6) is 0 Å². The molecule has 0 radical (unpaired) electrons. The zero-order valence-electron chi connectivity index (χ0n) is 11.6. The lowest BCUT2D eigenvalue weighted by Gasteiger charge is -2.22. The number of nitrogens with zero attached hydrogens (tertiary/aromatic N) is 2. The molecule has 1 unspecified atom stereocenters. The van der Waals surface area contributed by atoms with Crippen LogP contribution in [-0.4, -0.2) is 23.4 Å². The molecule has 104 valence electrons. The van der Waals surface area contributed by atoms with Gasteiger partial charge in [-0.05, 0) is 38.1 Å². The minimum atomic E-state index is 0.0766. The fraction of sp³-hybridized carbons (Fsp3) is 0.312. The molecule has 1 aromatic heterocycles. The molecular weight excluding hydrogens is 250 g/mol. The zero-order valence-corrected chi connectivity index (χ0v) is 11.6. The Labute approximate surface area is 119 Å². The summed E-state index contributed by atoms with van der Waals surface area (Å²) >= 11 is 0. The van der Waals surface area contributed by atoms with Crippen molar-refractivity contribution in [2.75, 3.05) is 13.7 Å². The Morgan fingerprint density at radius 1 is 1.30 bits per heavy atom. The summed E-state index contributed by atoms with van der Waals surface area (Å²) < 4.78 is 7.65. The SMILES string of the molecule is CNC(C1=CCCCO1)c1cnn(-c2ccccc2)c1. The highest BCUT2D eigenvalue weighted by atomic mass is 16.5. The van der Waals surface area contributed by atoms with Gasteiger partial charge in [0.25, 0.3) is 0 Å². The maximum Gasteiger partial charge on any atom is 0.114 e. The van der Waals surface area contributed by atoms with E-state index < -0.39 is 0 Å². The van der Waals surface area contributed by atoms with Crippen molar-refractivity contribution in [3.8, 4) is 5.69 Å². The average Bonchev–Trinajstić information content (AvgIpc) is 3.00. The van der Waals surface area contributed by atoms with Crippen molar-refractivity contribution in [1.29, 1.82) is 0 Å². The zero-order chi connectivity index (χ0) is 13.8. The molecular formula is C16H19N3O. The Morgan fingerprint density at radius 3 is 2.85 bits per heavy atom. The monoisotopic (exact) mass is 269 g/mol. The molecule has 4 nitrogen and oxygen atoms in total. The van der Waals surface area contributed by atoms with Crippen LogP contribution in [0.25, 0.3) is 5.69 Å². The van der Waals surface area contributed by atoms with Gasteiger partial charge in [0.15, 0.2) is 0 Å². The summed E-state index contributed by atoms with van der Waals surface area (Å²) in [6.07, 6.45) is 8.30. The van der Waals surface area contributed by atoms with E-state index in [4.69, 9.17) is 4.74 Å². The highest BCUT2D eigenvalue weighted by Crippen LogP contribution is 2.26. The van der Waals surface area contributed by atoms with Gasteiger partial charge in [-0.15, -0.1) is 0 Å². The van der Waals surface area contributed by atoms with Crippen molar-refractivity contribution >= 4 is 0 Å². The number of nitrogens with one attached hydrogen (secondary N) is 1. The molecule has 2 aromatic rings. The Kier molecular flexibility index (Phi) is 3.83. The third-order valence-corrected chi connectivity index (χ3v) is 3.49. The maximum atomic E-state index is 5.76. The van der Waals surface area contributed by atoms with Crippen molar-refractivity contribution in [2.45, 2.75) is 18.9 Å². The second kappa shape index (κ2) is 5.92. The van der Waals surface area contributed by atoms with Crippen LogP contribution in [-0.2, 0) is 4.74 Å². The fourth-order valence-corrected chi connectivity index (χ4v) is 2.46. The van der Waals surface area contributed by atoms with E-state index in [0.717, 1.165) is 36.5 Å². The third kappa shape index (κ3) is 2.60. The van der Waals surface area contributed by atoms with E-state index in [0.29, 0.717) is 0 Å². The quantitative estimate of drug-likeness (QED) is 0.927. The topological polar surface area (TPSA) is 39.1 Å². The van der Waals surface area contributed by atoms with Crippen molar-refractivity contribution in [2.24, 2.45) is 0 Å². The van der Waals surface area contributed by atoms with Gasteiger partial charge in [-0.3, -0.25) is 0 Å². The molecule has 2 heterocycles. The summed E-state index contributed by atoms with van der Waals surface area (Å²) in [5, 5.41) is 7.75. The first-order chi connectivity index (χ1) is 9.88.